The Bertz CT molecular complexity index is 751. The van der Waals surface area contributed by atoms with Crippen LogP contribution in [-0.4, -0.2) is 10.2 Å². The van der Waals surface area contributed by atoms with Gasteiger partial charge in [-0.1, -0.05) is 35.0 Å². The standard InChI is InChI=1S/C18H17BrN2O2/c1-2-3-17-20-21-18(23-17)14-6-10-16(11-7-14)22-12-13-4-8-15(19)9-5-13/h4-11H,2-3,12H2,1H3. The van der Waals surface area contributed by atoms with Crippen LogP contribution in [0.2, 0.25) is 0 Å². The quantitative estimate of drug-likeness (QED) is 0.608. The van der Waals surface area contributed by atoms with E-state index in [0.717, 1.165) is 34.2 Å². The summed E-state index contributed by atoms with van der Waals surface area (Å²) in [5, 5.41) is 8.11. The first-order chi connectivity index (χ1) is 11.2. The minimum atomic E-state index is 0.536. The fourth-order valence-corrected chi connectivity index (χ4v) is 2.39. The summed E-state index contributed by atoms with van der Waals surface area (Å²) in [6, 6.07) is 15.8. The zero-order valence-corrected chi connectivity index (χ0v) is 14.4. The van der Waals surface area contributed by atoms with Gasteiger partial charge in [0.2, 0.25) is 11.8 Å². The largest absolute Gasteiger partial charge is 0.489 e. The second-order valence-corrected chi connectivity index (χ2v) is 6.11. The summed E-state index contributed by atoms with van der Waals surface area (Å²) in [4.78, 5) is 0. The second kappa shape index (κ2) is 7.42. The van der Waals surface area contributed by atoms with E-state index in [1.165, 1.54) is 0 Å². The van der Waals surface area contributed by atoms with E-state index >= 15 is 0 Å². The van der Waals surface area contributed by atoms with Crippen LogP contribution in [0.1, 0.15) is 24.8 Å². The van der Waals surface area contributed by atoms with Crippen LogP contribution < -0.4 is 4.74 Å². The number of aromatic nitrogens is 2. The lowest BCUT2D eigenvalue weighted by atomic mass is 10.2. The van der Waals surface area contributed by atoms with Crippen LogP contribution in [0.4, 0.5) is 0 Å². The van der Waals surface area contributed by atoms with Gasteiger partial charge in [-0.15, -0.1) is 10.2 Å². The Labute approximate surface area is 143 Å². The van der Waals surface area contributed by atoms with Crippen LogP contribution in [0.15, 0.2) is 57.4 Å². The molecule has 0 aliphatic rings. The second-order valence-electron chi connectivity index (χ2n) is 5.19. The van der Waals surface area contributed by atoms with Crippen molar-refractivity contribution in [1.82, 2.24) is 10.2 Å². The van der Waals surface area contributed by atoms with Gasteiger partial charge in [0.25, 0.3) is 0 Å². The number of rotatable bonds is 6. The first-order valence-electron chi connectivity index (χ1n) is 7.54. The van der Waals surface area contributed by atoms with Gasteiger partial charge in [-0.3, -0.25) is 0 Å². The monoisotopic (exact) mass is 372 g/mol. The fourth-order valence-electron chi connectivity index (χ4n) is 2.13. The number of hydrogen-bond acceptors (Lipinski definition) is 4. The van der Waals surface area contributed by atoms with Gasteiger partial charge in [-0.25, -0.2) is 0 Å². The number of ether oxygens (including phenoxy) is 1. The highest BCUT2D eigenvalue weighted by atomic mass is 79.9. The molecule has 4 nitrogen and oxygen atoms in total. The van der Waals surface area contributed by atoms with Crippen LogP contribution in [0.5, 0.6) is 5.75 Å². The van der Waals surface area contributed by atoms with Gasteiger partial charge in [0.05, 0.1) is 0 Å². The smallest absolute Gasteiger partial charge is 0.247 e. The molecule has 0 amide bonds. The predicted molar refractivity (Wildman–Crippen MR) is 92.2 cm³/mol. The molecule has 2 aromatic carbocycles. The highest BCUT2D eigenvalue weighted by Crippen LogP contribution is 2.22. The summed E-state index contributed by atoms with van der Waals surface area (Å²) in [6.45, 7) is 2.62. The van der Waals surface area contributed by atoms with Crippen LogP contribution in [0.3, 0.4) is 0 Å². The molecule has 0 aliphatic carbocycles. The van der Waals surface area contributed by atoms with Crippen molar-refractivity contribution in [1.29, 1.82) is 0 Å². The highest BCUT2D eigenvalue weighted by Gasteiger charge is 2.08. The van der Waals surface area contributed by atoms with E-state index in [4.69, 9.17) is 9.15 Å². The number of aryl methyl sites for hydroxylation is 1. The van der Waals surface area contributed by atoms with Gasteiger partial charge < -0.3 is 9.15 Å². The lowest BCUT2D eigenvalue weighted by Gasteiger charge is -2.06. The zero-order valence-electron chi connectivity index (χ0n) is 12.8. The van der Waals surface area contributed by atoms with Gasteiger partial charge in [0, 0.05) is 16.5 Å². The maximum Gasteiger partial charge on any atom is 0.247 e. The van der Waals surface area contributed by atoms with Gasteiger partial charge in [-0.2, -0.15) is 0 Å². The molecule has 0 radical (unpaired) electrons. The molecule has 0 saturated carbocycles. The third-order valence-corrected chi connectivity index (χ3v) is 3.88. The van der Waals surface area contributed by atoms with Crippen molar-refractivity contribution in [2.45, 2.75) is 26.4 Å². The maximum atomic E-state index is 5.78. The Morgan fingerprint density at radius 2 is 1.74 bits per heavy atom. The molecule has 1 aromatic heterocycles. The summed E-state index contributed by atoms with van der Waals surface area (Å²) in [5.74, 6) is 2.04. The predicted octanol–water partition coefficient (Wildman–Crippen LogP) is 5.03. The molecule has 0 aliphatic heterocycles. The number of benzene rings is 2. The van der Waals surface area contributed by atoms with Crippen molar-refractivity contribution >= 4 is 15.9 Å². The van der Waals surface area contributed by atoms with Crippen molar-refractivity contribution in [2.75, 3.05) is 0 Å². The Morgan fingerprint density at radius 3 is 2.43 bits per heavy atom. The summed E-state index contributed by atoms with van der Waals surface area (Å²) >= 11 is 3.42. The average Bonchev–Trinajstić information content (AvgIpc) is 3.04. The molecule has 0 fully saturated rings. The topological polar surface area (TPSA) is 48.2 Å². The molecule has 118 valence electrons. The van der Waals surface area contributed by atoms with Gasteiger partial charge in [0.1, 0.15) is 12.4 Å². The summed E-state index contributed by atoms with van der Waals surface area (Å²) in [6.07, 6.45) is 1.80. The lowest BCUT2D eigenvalue weighted by Crippen LogP contribution is -1.94. The van der Waals surface area contributed by atoms with E-state index in [1.54, 1.807) is 0 Å². The van der Waals surface area contributed by atoms with Crippen LogP contribution in [-0.2, 0) is 13.0 Å². The van der Waals surface area contributed by atoms with E-state index in [0.29, 0.717) is 18.4 Å². The SMILES string of the molecule is CCCc1nnc(-c2ccc(OCc3ccc(Br)cc3)cc2)o1. The van der Waals surface area contributed by atoms with Crippen LogP contribution >= 0.6 is 15.9 Å². The molecule has 0 saturated heterocycles. The molecule has 0 bridgehead atoms. The van der Waals surface area contributed by atoms with Crippen molar-refractivity contribution in [3.8, 4) is 17.2 Å². The number of nitrogens with zero attached hydrogens (tertiary/aromatic N) is 2. The molecule has 0 unspecified atom stereocenters. The third-order valence-electron chi connectivity index (χ3n) is 3.35. The number of hydrogen-bond donors (Lipinski definition) is 0. The normalized spacial score (nSPS) is 10.7. The molecule has 1 heterocycles. The maximum absolute atomic E-state index is 5.78. The molecule has 0 spiro atoms. The molecule has 0 atom stereocenters. The van der Waals surface area contributed by atoms with E-state index in [1.807, 2.05) is 48.5 Å². The van der Waals surface area contributed by atoms with Crippen LogP contribution in [0, 0.1) is 0 Å². The van der Waals surface area contributed by atoms with Crippen molar-refractivity contribution in [3.05, 3.63) is 64.5 Å². The minimum absolute atomic E-state index is 0.536. The highest BCUT2D eigenvalue weighted by molar-refractivity contribution is 9.10. The van der Waals surface area contributed by atoms with E-state index < -0.39 is 0 Å². The average molecular weight is 373 g/mol. The number of halogens is 1. The zero-order chi connectivity index (χ0) is 16.1. The summed E-state index contributed by atoms with van der Waals surface area (Å²) < 4.78 is 12.5. The molecular formula is C18H17BrN2O2. The van der Waals surface area contributed by atoms with Crippen molar-refractivity contribution in [2.24, 2.45) is 0 Å². The molecular weight excluding hydrogens is 356 g/mol. The molecule has 5 heteroatoms. The van der Waals surface area contributed by atoms with E-state index in [-0.39, 0.29) is 0 Å². The van der Waals surface area contributed by atoms with Crippen molar-refractivity contribution in [3.63, 3.8) is 0 Å². The van der Waals surface area contributed by atoms with Gasteiger partial charge >= 0.3 is 0 Å². The van der Waals surface area contributed by atoms with E-state index in [9.17, 15) is 0 Å². The molecule has 3 rings (SSSR count). The van der Waals surface area contributed by atoms with Crippen LogP contribution in [0.25, 0.3) is 11.5 Å². The Morgan fingerprint density at radius 1 is 1.00 bits per heavy atom. The summed E-state index contributed by atoms with van der Waals surface area (Å²) in [5.41, 5.74) is 2.02. The third kappa shape index (κ3) is 4.20. The first-order valence-corrected chi connectivity index (χ1v) is 8.34. The minimum Gasteiger partial charge on any atom is -0.489 e. The Balaban J connectivity index is 1.63. The summed E-state index contributed by atoms with van der Waals surface area (Å²) in [7, 11) is 0. The first kappa shape index (κ1) is 15.7. The molecule has 0 N–H and O–H groups in total. The molecule has 23 heavy (non-hydrogen) atoms. The molecule has 3 aromatic rings. The fraction of sp³-hybridized carbons (Fsp3) is 0.222. The van der Waals surface area contributed by atoms with Gasteiger partial charge in [-0.05, 0) is 48.4 Å². The Hall–Kier alpha value is -2.14. The van der Waals surface area contributed by atoms with E-state index in [2.05, 4.69) is 33.1 Å². The Kier molecular flexibility index (Phi) is 5.08. The van der Waals surface area contributed by atoms with Gasteiger partial charge in [0.15, 0.2) is 0 Å². The lowest BCUT2D eigenvalue weighted by molar-refractivity contribution is 0.306. The van der Waals surface area contributed by atoms with Crippen molar-refractivity contribution < 1.29 is 9.15 Å².